The normalized spacial score (nSPS) is 18.0. The molecule has 2 aromatic heterocycles. The highest BCUT2D eigenvalue weighted by Gasteiger charge is 2.33. The van der Waals surface area contributed by atoms with Gasteiger partial charge in [-0.05, 0) is 25.8 Å². The average Bonchev–Trinajstić information content (AvgIpc) is 3.46. The summed E-state index contributed by atoms with van der Waals surface area (Å²) >= 11 is 0. The Bertz CT molecular complexity index is 944. The average molecular weight is 383 g/mol. The van der Waals surface area contributed by atoms with Gasteiger partial charge in [0.2, 0.25) is 5.91 Å². The summed E-state index contributed by atoms with van der Waals surface area (Å²) in [6.07, 6.45) is 2.27. The minimum absolute atomic E-state index is 0.0215. The molecule has 2 aromatic rings. The van der Waals surface area contributed by atoms with Gasteiger partial charge < -0.3 is 9.80 Å². The molecule has 0 spiro atoms. The number of carbonyl (C=O) groups is 2. The molecule has 2 aliphatic rings. The lowest BCUT2D eigenvalue weighted by Gasteiger charge is -2.37. The van der Waals surface area contributed by atoms with Gasteiger partial charge in [0.25, 0.3) is 5.91 Å². The van der Waals surface area contributed by atoms with E-state index in [4.69, 9.17) is 4.98 Å². The van der Waals surface area contributed by atoms with E-state index in [-0.39, 0.29) is 11.8 Å². The van der Waals surface area contributed by atoms with Gasteiger partial charge in [-0.2, -0.15) is 5.10 Å². The van der Waals surface area contributed by atoms with Crippen LogP contribution in [0.5, 0.6) is 0 Å². The van der Waals surface area contributed by atoms with Gasteiger partial charge in [-0.15, -0.1) is 0 Å². The molecule has 0 bridgehead atoms. The largest absolute Gasteiger partial charge is 0.339 e. The highest BCUT2D eigenvalue weighted by Crippen LogP contribution is 2.40. The number of hydrogen-bond acceptors (Lipinski definition) is 4. The molecule has 1 saturated carbocycles. The maximum atomic E-state index is 13.4. The van der Waals surface area contributed by atoms with Crippen molar-refractivity contribution in [3.8, 4) is 0 Å². The fraction of sp³-hybridized carbons (Fsp3) is 0.619. The summed E-state index contributed by atoms with van der Waals surface area (Å²) in [4.78, 5) is 34.4. The van der Waals surface area contributed by atoms with Gasteiger partial charge in [0.1, 0.15) is 0 Å². The maximum Gasteiger partial charge on any atom is 0.254 e. The lowest BCUT2D eigenvalue weighted by Crippen LogP contribution is -2.53. The minimum atomic E-state index is -0.393. The van der Waals surface area contributed by atoms with E-state index >= 15 is 0 Å². The quantitative estimate of drug-likeness (QED) is 0.799. The number of amides is 2. The molecule has 1 aliphatic carbocycles. The first-order valence-corrected chi connectivity index (χ1v) is 10.1. The van der Waals surface area contributed by atoms with Crippen molar-refractivity contribution in [3.05, 3.63) is 23.0 Å². The first-order chi connectivity index (χ1) is 13.2. The Morgan fingerprint density at radius 3 is 2.25 bits per heavy atom. The molecule has 2 fully saturated rings. The number of aromatic nitrogens is 3. The standard InChI is InChI=1S/C21H29N5O2/c1-13-17-15(12-16(14-6-7-14)22-18(17)24(5)23-13)19(27)25-8-10-26(11-9-25)20(28)21(2,3)4/h12,14H,6-11H2,1-5H3. The third kappa shape index (κ3) is 3.27. The van der Waals surface area contributed by atoms with Crippen LogP contribution in [0.4, 0.5) is 0 Å². The van der Waals surface area contributed by atoms with Crippen LogP contribution in [-0.4, -0.2) is 62.6 Å². The van der Waals surface area contributed by atoms with Gasteiger partial charge in [0, 0.05) is 50.3 Å². The third-order valence-corrected chi connectivity index (χ3v) is 5.71. The van der Waals surface area contributed by atoms with Gasteiger partial charge in [0.05, 0.1) is 16.6 Å². The molecule has 1 aliphatic heterocycles. The molecule has 3 heterocycles. The highest BCUT2D eigenvalue weighted by atomic mass is 16.2. The van der Waals surface area contributed by atoms with Crippen LogP contribution in [0.25, 0.3) is 11.0 Å². The van der Waals surface area contributed by atoms with Crippen molar-refractivity contribution in [1.82, 2.24) is 24.6 Å². The van der Waals surface area contributed by atoms with E-state index in [0.29, 0.717) is 37.7 Å². The van der Waals surface area contributed by atoms with Crippen molar-refractivity contribution in [1.29, 1.82) is 0 Å². The van der Waals surface area contributed by atoms with E-state index in [1.807, 2.05) is 50.6 Å². The topological polar surface area (TPSA) is 71.3 Å². The predicted octanol–water partition coefficient (Wildman–Crippen LogP) is 2.48. The highest BCUT2D eigenvalue weighted by molar-refractivity contribution is 6.06. The van der Waals surface area contributed by atoms with E-state index < -0.39 is 5.41 Å². The van der Waals surface area contributed by atoms with Crippen molar-refractivity contribution in [2.24, 2.45) is 12.5 Å². The van der Waals surface area contributed by atoms with Gasteiger partial charge in [-0.25, -0.2) is 4.98 Å². The summed E-state index contributed by atoms with van der Waals surface area (Å²) in [6, 6.07) is 1.98. The monoisotopic (exact) mass is 383 g/mol. The molecular formula is C21H29N5O2. The van der Waals surface area contributed by atoms with Crippen LogP contribution in [0.2, 0.25) is 0 Å². The Labute approximate surface area is 165 Å². The summed E-state index contributed by atoms with van der Waals surface area (Å²) in [5, 5.41) is 5.34. The molecular weight excluding hydrogens is 354 g/mol. The molecule has 7 nitrogen and oxygen atoms in total. The molecule has 150 valence electrons. The number of pyridine rings is 1. The van der Waals surface area contributed by atoms with Crippen LogP contribution in [-0.2, 0) is 11.8 Å². The van der Waals surface area contributed by atoms with E-state index in [0.717, 1.165) is 35.3 Å². The first-order valence-electron chi connectivity index (χ1n) is 10.1. The van der Waals surface area contributed by atoms with Crippen LogP contribution < -0.4 is 0 Å². The lowest BCUT2D eigenvalue weighted by molar-refractivity contribution is -0.140. The Hall–Kier alpha value is -2.44. The molecule has 2 amide bonds. The lowest BCUT2D eigenvalue weighted by atomic mass is 9.94. The molecule has 4 rings (SSSR count). The number of nitrogens with zero attached hydrogens (tertiary/aromatic N) is 5. The number of hydrogen-bond donors (Lipinski definition) is 0. The Kier molecular flexibility index (Phi) is 4.43. The SMILES string of the molecule is Cc1nn(C)c2nc(C3CC3)cc(C(=O)N3CCN(C(=O)C(C)(C)C)CC3)c12. The fourth-order valence-electron chi connectivity index (χ4n) is 3.98. The van der Waals surface area contributed by atoms with Crippen LogP contribution >= 0.6 is 0 Å². The first kappa shape index (κ1) is 18.9. The van der Waals surface area contributed by atoms with Gasteiger partial charge in [0.15, 0.2) is 5.65 Å². The molecule has 0 atom stereocenters. The molecule has 0 N–H and O–H groups in total. The van der Waals surface area contributed by atoms with Crippen LogP contribution in [0.15, 0.2) is 6.07 Å². The second-order valence-corrected chi connectivity index (χ2v) is 9.11. The molecule has 28 heavy (non-hydrogen) atoms. The predicted molar refractivity (Wildman–Crippen MR) is 107 cm³/mol. The number of rotatable bonds is 2. The van der Waals surface area contributed by atoms with Crippen molar-refractivity contribution < 1.29 is 9.59 Å². The van der Waals surface area contributed by atoms with Crippen molar-refractivity contribution in [2.75, 3.05) is 26.2 Å². The Balaban J connectivity index is 1.60. The van der Waals surface area contributed by atoms with Crippen molar-refractivity contribution in [3.63, 3.8) is 0 Å². The summed E-state index contributed by atoms with van der Waals surface area (Å²) in [7, 11) is 1.88. The summed E-state index contributed by atoms with van der Waals surface area (Å²) in [6.45, 7) is 10.0. The Morgan fingerprint density at radius 1 is 1.07 bits per heavy atom. The van der Waals surface area contributed by atoms with Crippen molar-refractivity contribution >= 4 is 22.8 Å². The number of carbonyl (C=O) groups excluding carboxylic acids is 2. The van der Waals surface area contributed by atoms with Crippen LogP contribution in [0, 0.1) is 12.3 Å². The molecule has 0 aromatic carbocycles. The molecule has 0 radical (unpaired) electrons. The number of aryl methyl sites for hydroxylation is 2. The second kappa shape index (κ2) is 6.57. The zero-order valence-corrected chi connectivity index (χ0v) is 17.4. The minimum Gasteiger partial charge on any atom is -0.339 e. The number of fused-ring (bicyclic) bond motifs is 1. The van der Waals surface area contributed by atoms with Gasteiger partial charge in [-0.1, -0.05) is 20.8 Å². The van der Waals surface area contributed by atoms with E-state index in [1.165, 1.54) is 0 Å². The zero-order valence-electron chi connectivity index (χ0n) is 17.4. The summed E-state index contributed by atoms with van der Waals surface area (Å²) in [5.41, 5.74) is 2.92. The van der Waals surface area contributed by atoms with Gasteiger partial charge in [-0.3, -0.25) is 14.3 Å². The Morgan fingerprint density at radius 2 is 1.68 bits per heavy atom. The van der Waals surface area contributed by atoms with Crippen molar-refractivity contribution in [2.45, 2.75) is 46.5 Å². The maximum absolute atomic E-state index is 13.4. The molecule has 0 unspecified atom stereocenters. The second-order valence-electron chi connectivity index (χ2n) is 9.11. The van der Waals surface area contributed by atoms with Crippen LogP contribution in [0.1, 0.15) is 61.3 Å². The molecule has 7 heteroatoms. The van der Waals surface area contributed by atoms with E-state index in [9.17, 15) is 9.59 Å². The zero-order chi connectivity index (χ0) is 20.2. The van der Waals surface area contributed by atoms with E-state index in [2.05, 4.69) is 5.10 Å². The third-order valence-electron chi connectivity index (χ3n) is 5.71. The van der Waals surface area contributed by atoms with Crippen LogP contribution in [0.3, 0.4) is 0 Å². The summed E-state index contributed by atoms with van der Waals surface area (Å²) < 4.78 is 1.77. The van der Waals surface area contributed by atoms with E-state index in [1.54, 1.807) is 4.68 Å². The van der Waals surface area contributed by atoms with Gasteiger partial charge >= 0.3 is 0 Å². The fourth-order valence-corrected chi connectivity index (χ4v) is 3.98. The number of piperazine rings is 1. The smallest absolute Gasteiger partial charge is 0.254 e. The summed E-state index contributed by atoms with van der Waals surface area (Å²) in [5.74, 6) is 0.630. The molecule has 1 saturated heterocycles.